The van der Waals surface area contributed by atoms with Crippen LogP contribution in [0.4, 0.5) is 11.4 Å². The van der Waals surface area contributed by atoms with Crippen molar-refractivity contribution in [2.75, 3.05) is 16.8 Å². The van der Waals surface area contributed by atoms with Gasteiger partial charge < -0.3 is 5.32 Å². The zero-order valence-corrected chi connectivity index (χ0v) is 13.3. The third-order valence-electron chi connectivity index (χ3n) is 3.96. The molecule has 124 valence electrons. The van der Waals surface area contributed by atoms with Crippen LogP contribution in [0.3, 0.4) is 0 Å². The highest BCUT2D eigenvalue weighted by molar-refractivity contribution is 6.14. The van der Waals surface area contributed by atoms with Crippen LogP contribution >= 0.6 is 0 Å². The minimum atomic E-state index is -0.346. The Balaban J connectivity index is 1.59. The Hall–Kier alpha value is -3.48. The number of aromatic nitrogens is 3. The van der Waals surface area contributed by atoms with Crippen LogP contribution in [0.15, 0.2) is 60.8 Å². The lowest BCUT2D eigenvalue weighted by molar-refractivity contribution is -0.115. The number of carbonyl (C=O) groups is 2. The highest BCUT2D eigenvalue weighted by atomic mass is 16.2. The lowest BCUT2D eigenvalue weighted by atomic mass is 10.2. The fraction of sp³-hybridized carbons (Fsp3) is 0.111. The predicted molar refractivity (Wildman–Crippen MR) is 92.3 cm³/mol. The molecule has 3 aromatic rings. The van der Waals surface area contributed by atoms with Gasteiger partial charge in [-0.15, -0.1) is 5.10 Å². The van der Waals surface area contributed by atoms with Crippen LogP contribution < -0.4 is 10.2 Å². The maximum atomic E-state index is 12.8. The standard InChI is InChI=1S/C18H15N5O2/c24-17-12-23(16-9-5-4-8-14(16)19-17)18(25)15-11-22(21-20-15)10-13-6-2-1-3-7-13/h1-9,11H,10,12H2,(H,19,24). The second-order valence-electron chi connectivity index (χ2n) is 5.74. The monoisotopic (exact) mass is 333 g/mol. The molecule has 0 bridgehead atoms. The number of fused-ring (bicyclic) bond motifs is 1. The molecule has 2 amide bonds. The van der Waals surface area contributed by atoms with E-state index in [1.54, 1.807) is 23.0 Å². The molecule has 1 aliphatic heterocycles. The Morgan fingerprint density at radius 3 is 2.68 bits per heavy atom. The number of hydrogen-bond acceptors (Lipinski definition) is 4. The number of nitrogens with one attached hydrogen (secondary N) is 1. The highest BCUT2D eigenvalue weighted by Gasteiger charge is 2.28. The van der Waals surface area contributed by atoms with Crippen molar-refractivity contribution >= 4 is 23.2 Å². The highest BCUT2D eigenvalue weighted by Crippen LogP contribution is 2.29. The summed E-state index contributed by atoms with van der Waals surface area (Å²) in [5.41, 5.74) is 2.54. The summed E-state index contributed by atoms with van der Waals surface area (Å²) < 4.78 is 1.61. The first-order valence-corrected chi connectivity index (χ1v) is 7.85. The first-order chi connectivity index (χ1) is 12.2. The molecule has 7 nitrogen and oxygen atoms in total. The number of anilines is 2. The third kappa shape index (κ3) is 2.99. The van der Waals surface area contributed by atoms with Gasteiger partial charge in [-0.25, -0.2) is 4.68 Å². The molecule has 0 saturated heterocycles. The second kappa shape index (κ2) is 6.20. The number of hydrogen-bond donors (Lipinski definition) is 1. The van der Waals surface area contributed by atoms with Crippen molar-refractivity contribution in [2.24, 2.45) is 0 Å². The van der Waals surface area contributed by atoms with E-state index in [9.17, 15) is 9.59 Å². The summed E-state index contributed by atoms with van der Waals surface area (Å²) in [6.45, 7) is 0.486. The molecule has 0 atom stereocenters. The van der Waals surface area contributed by atoms with Gasteiger partial charge in [-0.05, 0) is 17.7 Å². The first-order valence-electron chi connectivity index (χ1n) is 7.85. The van der Waals surface area contributed by atoms with Crippen LogP contribution in [0.25, 0.3) is 0 Å². The molecule has 1 aromatic heterocycles. The quantitative estimate of drug-likeness (QED) is 0.794. The molecular formula is C18H15N5O2. The van der Waals surface area contributed by atoms with Gasteiger partial charge in [0.05, 0.1) is 24.1 Å². The van der Waals surface area contributed by atoms with E-state index < -0.39 is 0 Å². The van der Waals surface area contributed by atoms with Crippen molar-refractivity contribution in [3.05, 3.63) is 72.1 Å². The zero-order valence-electron chi connectivity index (χ0n) is 13.3. The van der Waals surface area contributed by atoms with Gasteiger partial charge >= 0.3 is 0 Å². The van der Waals surface area contributed by atoms with Gasteiger partial charge in [-0.3, -0.25) is 14.5 Å². The topological polar surface area (TPSA) is 80.1 Å². The summed E-state index contributed by atoms with van der Waals surface area (Å²) >= 11 is 0. The predicted octanol–water partition coefficient (Wildman–Crippen LogP) is 1.93. The molecule has 0 aliphatic carbocycles. The van der Waals surface area contributed by atoms with Crippen molar-refractivity contribution in [2.45, 2.75) is 6.54 Å². The van der Waals surface area contributed by atoms with Crippen LogP contribution in [-0.2, 0) is 11.3 Å². The molecule has 0 fully saturated rings. The molecule has 2 heterocycles. The van der Waals surface area contributed by atoms with Crippen molar-refractivity contribution in [3.8, 4) is 0 Å². The number of para-hydroxylation sites is 2. The van der Waals surface area contributed by atoms with Gasteiger partial charge in [-0.2, -0.15) is 0 Å². The first kappa shape index (κ1) is 15.1. The van der Waals surface area contributed by atoms with E-state index in [1.165, 1.54) is 4.90 Å². The number of benzene rings is 2. The Morgan fingerprint density at radius 2 is 1.84 bits per heavy atom. The van der Waals surface area contributed by atoms with Crippen molar-refractivity contribution in [3.63, 3.8) is 0 Å². The van der Waals surface area contributed by atoms with Gasteiger partial charge in [-0.1, -0.05) is 47.7 Å². The van der Waals surface area contributed by atoms with Gasteiger partial charge in [0.2, 0.25) is 5.91 Å². The fourth-order valence-electron chi connectivity index (χ4n) is 2.80. The normalized spacial score (nSPS) is 13.3. The van der Waals surface area contributed by atoms with Gasteiger partial charge in [0, 0.05) is 0 Å². The lowest BCUT2D eigenvalue weighted by Gasteiger charge is -2.28. The Kier molecular flexibility index (Phi) is 3.74. The lowest BCUT2D eigenvalue weighted by Crippen LogP contribution is -2.42. The molecule has 4 rings (SSSR count). The van der Waals surface area contributed by atoms with Crippen molar-refractivity contribution in [1.82, 2.24) is 15.0 Å². The summed E-state index contributed by atoms with van der Waals surface area (Å²) in [5, 5.41) is 10.8. The smallest absolute Gasteiger partial charge is 0.281 e. The van der Waals surface area contributed by atoms with E-state index in [2.05, 4.69) is 15.6 Å². The number of amides is 2. The molecule has 1 aliphatic rings. The Morgan fingerprint density at radius 1 is 1.08 bits per heavy atom. The largest absolute Gasteiger partial charge is 0.323 e. The Labute approximate surface area is 143 Å². The molecule has 2 aromatic carbocycles. The Bertz CT molecular complexity index is 935. The molecule has 25 heavy (non-hydrogen) atoms. The van der Waals surface area contributed by atoms with Gasteiger partial charge in [0.1, 0.15) is 6.54 Å². The zero-order chi connectivity index (χ0) is 17.2. The second-order valence-corrected chi connectivity index (χ2v) is 5.74. The molecule has 0 radical (unpaired) electrons. The molecular weight excluding hydrogens is 318 g/mol. The summed E-state index contributed by atoms with van der Waals surface area (Å²) in [5.74, 6) is -0.578. The molecule has 0 unspecified atom stereocenters. The van der Waals surface area contributed by atoms with Crippen LogP contribution in [0.1, 0.15) is 16.1 Å². The summed E-state index contributed by atoms with van der Waals surface area (Å²) in [7, 11) is 0. The van der Waals surface area contributed by atoms with Gasteiger partial charge in [0.15, 0.2) is 5.69 Å². The number of nitrogens with zero attached hydrogens (tertiary/aromatic N) is 4. The van der Waals surface area contributed by atoms with E-state index in [4.69, 9.17) is 0 Å². The molecule has 1 N–H and O–H groups in total. The van der Waals surface area contributed by atoms with Crippen LogP contribution in [0.5, 0.6) is 0 Å². The van der Waals surface area contributed by atoms with E-state index in [-0.39, 0.29) is 24.1 Å². The number of carbonyl (C=O) groups excluding carboxylic acids is 2. The number of rotatable bonds is 3. The van der Waals surface area contributed by atoms with Crippen molar-refractivity contribution < 1.29 is 9.59 Å². The SMILES string of the molecule is O=C1CN(C(=O)c2cn(Cc3ccccc3)nn2)c2ccccc2N1. The average Bonchev–Trinajstić information content (AvgIpc) is 3.09. The van der Waals surface area contributed by atoms with Crippen LogP contribution in [0, 0.1) is 0 Å². The minimum absolute atomic E-state index is 0.0403. The molecule has 0 spiro atoms. The van der Waals surface area contributed by atoms with Gasteiger partial charge in [0.25, 0.3) is 5.91 Å². The van der Waals surface area contributed by atoms with E-state index in [1.807, 2.05) is 42.5 Å². The minimum Gasteiger partial charge on any atom is -0.323 e. The molecule has 0 saturated carbocycles. The van der Waals surface area contributed by atoms with Crippen LogP contribution in [0.2, 0.25) is 0 Å². The van der Waals surface area contributed by atoms with E-state index in [0.717, 1.165) is 5.56 Å². The molecule has 7 heteroatoms. The fourth-order valence-corrected chi connectivity index (χ4v) is 2.80. The van der Waals surface area contributed by atoms with Crippen molar-refractivity contribution in [1.29, 1.82) is 0 Å². The van der Waals surface area contributed by atoms with E-state index in [0.29, 0.717) is 17.9 Å². The summed E-state index contributed by atoms with van der Waals surface area (Å²) in [6, 6.07) is 17.0. The van der Waals surface area contributed by atoms with E-state index >= 15 is 0 Å². The maximum Gasteiger partial charge on any atom is 0.281 e. The average molecular weight is 333 g/mol. The summed E-state index contributed by atoms with van der Waals surface area (Å²) in [4.78, 5) is 26.1. The van der Waals surface area contributed by atoms with Crippen LogP contribution in [-0.4, -0.2) is 33.4 Å². The summed E-state index contributed by atoms with van der Waals surface area (Å²) in [6.07, 6.45) is 1.60. The third-order valence-corrected chi connectivity index (χ3v) is 3.96. The maximum absolute atomic E-state index is 12.8.